The molecule has 0 aliphatic carbocycles. The summed E-state index contributed by atoms with van der Waals surface area (Å²) < 4.78 is 0. The van der Waals surface area contributed by atoms with Gasteiger partial charge in [0.05, 0.1) is 5.69 Å². The van der Waals surface area contributed by atoms with Gasteiger partial charge in [0.15, 0.2) is 5.82 Å². The fourth-order valence-corrected chi connectivity index (χ4v) is 2.44. The van der Waals surface area contributed by atoms with Crippen LogP contribution in [0.15, 0.2) is 0 Å². The summed E-state index contributed by atoms with van der Waals surface area (Å²) >= 11 is 6.22. The molecule has 0 radical (unpaired) electrons. The molecular formula is C12H18ClN5O. The fraction of sp³-hybridized carbons (Fsp3) is 0.583. The maximum Gasteiger partial charge on any atom is 0.223 e. The summed E-state index contributed by atoms with van der Waals surface area (Å²) in [5, 5.41) is 0.511. The third-order valence-corrected chi connectivity index (χ3v) is 4.22. The van der Waals surface area contributed by atoms with E-state index in [1.165, 1.54) is 0 Å². The molecule has 1 aromatic heterocycles. The van der Waals surface area contributed by atoms with Crippen LogP contribution < -0.4 is 16.4 Å². The van der Waals surface area contributed by atoms with Crippen LogP contribution in [0.3, 0.4) is 0 Å². The molecule has 1 fully saturated rings. The van der Waals surface area contributed by atoms with Gasteiger partial charge >= 0.3 is 0 Å². The van der Waals surface area contributed by atoms with Crippen molar-refractivity contribution in [3.05, 3.63) is 10.7 Å². The minimum atomic E-state index is -0.448. The van der Waals surface area contributed by atoms with Crippen LogP contribution in [0, 0.1) is 12.3 Å². The Morgan fingerprint density at radius 1 is 1.37 bits per heavy atom. The summed E-state index contributed by atoms with van der Waals surface area (Å²) in [4.78, 5) is 21.7. The number of hydrogen-bond acceptors (Lipinski definition) is 5. The first kappa shape index (κ1) is 13.9. The zero-order valence-electron chi connectivity index (χ0n) is 11.1. The minimum absolute atomic E-state index is 0.208. The van der Waals surface area contributed by atoms with E-state index < -0.39 is 5.41 Å². The second kappa shape index (κ2) is 4.85. The van der Waals surface area contributed by atoms with Crippen LogP contribution in [0.4, 0.5) is 11.8 Å². The van der Waals surface area contributed by atoms with Gasteiger partial charge in [0, 0.05) is 18.5 Å². The van der Waals surface area contributed by atoms with E-state index in [-0.39, 0.29) is 11.9 Å². The van der Waals surface area contributed by atoms with Gasteiger partial charge in [-0.05, 0) is 19.8 Å². The maximum atomic E-state index is 11.4. The number of aromatic nitrogens is 2. The Balaban J connectivity index is 2.21. The molecule has 0 aromatic carbocycles. The molecule has 0 atom stereocenters. The van der Waals surface area contributed by atoms with Gasteiger partial charge in [0.25, 0.3) is 0 Å². The first-order chi connectivity index (χ1) is 8.83. The van der Waals surface area contributed by atoms with Crippen molar-refractivity contribution in [1.29, 1.82) is 0 Å². The summed E-state index contributed by atoms with van der Waals surface area (Å²) in [6.07, 6.45) is 1.36. The first-order valence-corrected chi connectivity index (χ1v) is 6.56. The number of nitrogens with zero attached hydrogens (tertiary/aromatic N) is 3. The molecule has 1 aliphatic rings. The Morgan fingerprint density at radius 2 is 1.95 bits per heavy atom. The largest absolute Gasteiger partial charge is 0.369 e. The Kier molecular flexibility index (Phi) is 3.54. The number of carbonyl (C=O) groups is 1. The van der Waals surface area contributed by atoms with Gasteiger partial charge < -0.3 is 16.4 Å². The molecule has 7 heteroatoms. The number of nitrogens with two attached hydrogens (primary N) is 2. The summed E-state index contributed by atoms with van der Waals surface area (Å²) in [7, 11) is 0. The molecule has 2 heterocycles. The van der Waals surface area contributed by atoms with Crippen molar-refractivity contribution in [2.75, 3.05) is 23.7 Å². The van der Waals surface area contributed by atoms with E-state index in [0.29, 0.717) is 42.5 Å². The summed E-state index contributed by atoms with van der Waals surface area (Å²) in [5.41, 5.74) is 11.3. The highest BCUT2D eigenvalue weighted by Crippen LogP contribution is 2.35. The summed E-state index contributed by atoms with van der Waals surface area (Å²) in [6, 6.07) is 0. The average Bonchev–Trinajstić information content (AvgIpc) is 2.35. The lowest BCUT2D eigenvalue weighted by Crippen LogP contribution is -2.45. The number of halogens is 1. The smallest absolute Gasteiger partial charge is 0.223 e. The molecule has 0 bridgehead atoms. The second-order valence-corrected chi connectivity index (χ2v) is 5.59. The standard InChI is InChI=1S/C12H18ClN5O/c1-7-8(13)9(17-11(15)16-7)18-5-3-12(2,4-6-18)10(14)19/h3-6H2,1-2H3,(H2,14,19)(H2,15,16,17). The van der Waals surface area contributed by atoms with Crippen LogP contribution >= 0.6 is 11.6 Å². The van der Waals surface area contributed by atoms with Crippen LogP contribution in [0.2, 0.25) is 5.02 Å². The zero-order valence-corrected chi connectivity index (χ0v) is 11.9. The topological polar surface area (TPSA) is 98.1 Å². The average molecular weight is 284 g/mol. The summed E-state index contributed by atoms with van der Waals surface area (Å²) in [6.45, 7) is 5.04. The van der Waals surface area contributed by atoms with Gasteiger partial charge in [-0.25, -0.2) is 4.98 Å². The Morgan fingerprint density at radius 3 is 2.47 bits per heavy atom. The predicted molar refractivity (Wildman–Crippen MR) is 74.9 cm³/mol. The molecule has 6 nitrogen and oxygen atoms in total. The maximum absolute atomic E-state index is 11.4. The highest BCUT2D eigenvalue weighted by Gasteiger charge is 2.36. The van der Waals surface area contributed by atoms with E-state index in [4.69, 9.17) is 23.1 Å². The normalized spacial score (nSPS) is 18.4. The van der Waals surface area contributed by atoms with E-state index in [1.807, 2.05) is 11.8 Å². The lowest BCUT2D eigenvalue weighted by atomic mass is 9.80. The zero-order chi connectivity index (χ0) is 14.2. The highest BCUT2D eigenvalue weighted by atomic mass is 35.5. The number of carbonyl (C=O) groups excluding carboxylic acids is 1. The molecule has 104 valence electrons. The number of piperidine rings is 1. The van der Waals surface area contributed by atoms with E-state index in [0.717, 1.165) is 0 Å². The van der Waals surface area contributed by atoms with E-state index in [1.54, 1.807) is 6.92 Å². The molecule has 1 aliphatic heterocycles. The lowest BCUT2D eigenvalue weighted by molar-refractivity contribution is -0.127. The fourth-order valence-electron chi connectivity index (χ4n) is 2.23. The van der Waals surface area contributed by atoms with Gasteiger partial charge in [-0.3, -0.25) is 4.79 Å². The van der Waals surface area contributed by atoms with Crippen LogP contribution in [-0.2, 0) is 4.79 Å². The van der Waals surface area contributed by atoms with Crippen molar-refractivity contribution < 1.29 is 4.79 Å². The van der Waals surface area contributed by atoms with Crippen LogP contribution in [0.5, 0.6) is 0 Å². The molecule has 2 rings (SSSR count). The molecule has 1 amide bonds. The van der Waals surface area contributed by atoms with Gasteiger partial charge in [-0.1, -0.05) is 18.5 Å². The lowest BCUT2D eigenvalue weighted by Gasteiger charge is -2.38. The number of anilines is 2. The number of primary amides is 1. The second-order valence-electron chi connectivity index (χ2n) is 5.22. The molecular weight excluding hydrogens is 266 g/mol. The first-order valence-electron chi connectivity index (χ1n) is 6.18. The van der Waals surface area contributed by atoms with Crippen molar-refractivity contribution >= 4 is 29.3 Å². The Hall–Kier alpha value is -1.56. The van der Waals surface area contributed by atoms with Gasteiger partial charge in [0.2, 0.25) is 11.9 Å². The molecule has 0 spiro atoms. The van der Waals surface area contributed by atoms with E-state index in [9.17, 15) is 4.79 Å². The van der Waals surface area contributed by atoms with E-state index in [2.05, 4.69) is 9.97 Å². The van der Waals surface area contributed by atoms with E-state index >= 15 is 0 Å². The van der Waals surface area contributed by atoms with Crippen molar-refractivity contribution in [2.24, 2.45) is 11.1 Å². The SMILES string of the molecule is Cc1nc(N)nc(N2CCC(C)(C(N)=O)CC2)c1Cl. The van der Waals surface area contributed by atoms with Crippen LogP contribution in [-0.4, -0.2) is 29.0 Å². The molecule has 1 saturated heterocycles. The quantitative estimate of drug-likeness (QED) is 0.847. The summed E-state index contributed by atoms with van der Waals surface area (Å²) in [5.74, 6) is 0.593. The molecule has 19 heavy (non-hydrogen) atoms. The third kappa shape index (κ3) is 2.58. The molecule has 0 saturated carbocycles. The van der Waals surface area contributed by atoms with Crippen molar-refractivity contribution in [3.8, 4) is 0 Å². The van der Waals surface area contributed by atoms with Crippen molar-refractivity contribution in [3.63, 3.8) is 0 Å². The minimum Gasteiger partial charge on any atom is -0.369 e. The highest BCUT2D eigenvalue weighted by molar-refractivity contribution is 6.33. The molecule has 1 aromatic rings. The number of aryl methyl sites for hydroxylation is 1. The van der Waals surface area contributed by atoms with Gasteiger partial charge in [-0.15, -0.1) is 0 Å². The number of hydrogen-bond donors (Lipinski definition) is 2. The Bertz CT molecular complexity index is 511. The predicted octanol–water partition coefficient (Wildman–Crippen LogP) is 1.11. The third-order valence-electron chi connectivity index (χ3n) is 3.78. The number of rotatable bonds is 2. The van der Waals surface area contributed by atoms with Gasteiger partial charge in [-0.2, -0.15) is 4.98 Å². The Labute approximate surface area is 117 Å². The van der Waals surface area contributed by atoms with Crippen molar-refractivity contribution in [2.45, 2.75) is 26.7 Å². The molecule has 4 N–H and O–H groups in total. The van der Waals surface area contributed by atoms with Crippen LogP contribution in [0.1, 0.15) is 25.5 Å². The number of amides is 1. The van der Waals surface area contributed by atoms with Crippen LogP contribution in [0.25, 0.3) is 0 Å². The number of nitrogen functional groups attached to an aromatic ring is 1. The molecule has 0 unspecified atom stereocenters. The monoisotopic (exact) mass is 283 g/mol. The van der Waals surface area contributed by atoms with Crippen molar-refractivity contribution in [1.82, 2.24) is 9.97 Å². The van der Waals surface area contributed by atoms with Gasteiger partial charge in [0.1, 0.15) is 5.02 Å².